The molecule has 8 heteroatoms. The normalized spacial score (nSPS) is 13.9. The molecule has 0 radical (unpaired) electrons. The van der Waals surface area contributed by atoms with E-state index in [2.05, 4.69) is 15.3 Å². The van der Waals surface area contributed by atoms with Gasteiger partial charge in [0.25, 0.3) is 0 Å². The van der Waals surface area contributed by atoms with Gasteiger partial charge in [0.05, 0.1) is 12.1 Å². The average molecular weight is 438 g/mol. The maximum absolute atomic E-state index is 12.6. The van der Waals surface area contributed by atoms with Crippen LogP contribution in [0.25, 0.3) is 17.0 Å². The Morgan fingerprint density at radius 3 is 2.90 bits per heavy atom. The van der Waals surface area contributed by atoms with E-state index in [0.717, 1.165) is 27.6 Å². The molecule has 0 atom stereocenters. The highest BCUT2D eigenvalue weighted by molar-refractivity contribution is 5.93. The van der Waals surface area contributed by atoms with Crippen molar-refractivity contribution in [2.24, 2.45) is 0 Å². The second-order valence-electron chi connectivity index (χ2n) is 7.51. The smallest absolute Gasteiger partial charge is 0.246 e. The number of carbonyl (C=O) groups is 2. The minimum Gasteiger partial charge on any atom is -0.338 e. The van der Waals surface area contributed by atoms with Gasteiger partial charge in [-0.25, -0.2) is 4.98 Å². The molecule has 0 saturated carbocycles. The number of nitrogens with one attached hydrogen (secondary N) is 1. The van der Waals surface area contributed by atoms with Crippen LogP contribution in [0.2, 0.25) is 0 Å². The van der Waals surface area contributed by atoms with E-state index < -0.39 is 0 Å². The van der Waals surface area contributed by atoms with Gasteiger partial charge in [0.1, 0.15) is 5.82 Å². The highest BCUT2D eigenvalue weighted by Crippen LogP contribution is 2.20. The number of halogens is 1. The van der Waals surface area contributed by atoms with Gasteiger partial charge in [0.15, 0.2) is 0 Å². The van der Waals surface area contributed by atoms with Crippen molar-refractivity contribution in [2.75, 3.05) is 26.0 Å². The molecule has 2 amide bonds. The monoisotopic (exact) mass is 437 g/mol. The molecule has 3 aromatic rings. The Hall–Kier alpha value is -3.29. The third kappa shape index (κ3) is 5.25. The van der Waals surface area contributed by atoms with Gasteiger partial charge in [0.2, 0.25) is 11.8 Å². The summed E-state index contributed by atoms with van der Waals surface area (Å²) in [5, 5.41) is 3.85. The van der Waals surface area contributed by atoms with Crippen LogP contribution in [0, 0.1) is 0 Å². The van der Waals surface area contributed by atoms with E-state index in [1.54, 1.807) is 36.5 Å². The first-order chi connectivity index (χ1) is 14.5. The summed E-state index contributed by atoms with van der Waals surface area (Å²) in [5.74, 6) is 0.401. The van der Waals surface area contributed by atoms with Crippen LogP contribution in [0.3, 0.4) is 0 Å². The van der Waals surface area contributed by atoms with Gasteiger partial charge in [-0.05, 0) is 42.4 Å². The highest BCUT2D eigenvalue weighted by atomic mass is 35.5. The Labute approximate surface area is 187 Å². The number of carbonyl (C=O) groups excluding carboxylic acids is 2. The van der Waals surface area contributed by atoms with Crippen LogP contribution in [0.15, 0.2) is 54.9 Å². The van der Waals surface area contributed by atoms with Gasteiger partial charge in [-0.2, -0.15) is 0 Å². The fourth-order valence-corrected chi connectivity index (χ4v) is 3.55. The van der Waals surface area contributed by atoms with Crippen molar-refractivity contribution in [1.29, 1.82) is 0 Å². The zero-order valence-electron chi connectivity index (χ0n) is 17.4. The topological polar surface area (TPSA) is 78.4 Å². The summed E-state index contributed by atoms with van der Waals surface area (Å²) in [6.07, 6.45) is 6.72. The van der Waals surface area contributed by atoms with Gasteiger partial charge in [0, 0.05) is 49.6 Å². The van der Waals surface area contributed by atoms with Crippen LogP contribution < -0.4 is 5.32 Å². The summed E-state index contributed by atoms with van der Waals surface area (Å²) in [6.45, 7) is 1.44. The molecule has 0 saturated heterocycles. The van der Waals surface area contributed by atoms with E-state index in [1.165, 1.54) is 0 Å². The zero-order valence-corrected chi connectivity index (χ0v) is 18.2. The molecule has 0 bridgehead atoms. The first-order valence-corrected chi connectivity index (χ1v) is 9.73. The van der Waals surface area contributed by atoms with Gasteiger partial charge < -0.3 is 10.2 Å². The number of pyridine rings is 2. The van der Waals surface area contributed by atoms with Crippen molar-refractivity contribution in [3.8, 4) is 0 Å². The summed E-state index contributed by atoms with van der Waals surface area (Å²) < 4.78 is 0. The lowest BCUT2D eigenvalue weighted by molar-refractivity contribution is -0.125. The second kappa shape index (κ2) is 9.68. The third-order valence-corrected chi connectivity index (χ3v) is 5.04. The first-order valence-electron chi connectivity index (χ1n) is 9.73. The Balaban J connectivity index is 0.00000272. The van der Waals surface area contributed by atoms with Crippen LogP contribution in [0.5, 0.6) is 0 Å². The molecule has 1 aliphatic heterocycles. The molecule has 2 aromatic heterocycles. The van der Waals surface area contributed by atoms with Gasteiger partial charge >= 0.3 is 0 Å². The number of nitrogens with zero attached hydrogens (tertiary/aromatic N) is 4. The Kier molecular flexibility index (Phi) is 6.99. The van der Waals surface area contributed by atoms with Crippen LogP contribution in [0.1, 0.15) is 16.7 Å². The van der Waals surface area contributed by atoms with E-state index in [-0.39, 0.29) is 24.2 Å². The number of hydrogen-bond acceptors (Lipinski definition) is 5. The fraction of sp³-hybridized carbons (Fsp3) is 0.217. The summed E-state index contributed by atoms with van der Waals surface area (Å²) in [5.41, 5.74) is 3.71. The number of anilines is 1. The van der Waals surface area contributed by atoms with Crippen molar-refractivity contribution in [3.05, 3.63) is 71.6 Å². The fourth-order valence-electron chi connectivity index (χ4n) is 3.55. The summed E-state index contributed by atoms with van der Waals surface area (Å²) in [6, 6.07) is 11.8. The SMILES string of the molecule is CN1CC(=O)Nc2ncc(/C=C/C(=O)N(C)Cc3cccc4ncccc34)cc2C1.Cl. The summed E-state index contributed by atoms with van der Waals surface area (Å²) in [7, 11) is 3.67. The van der Waals surface area contributed by atoms with Gasteiger partial charge in [-0.3, -0.25) is 19.5 Å². The predicted octanol–water partition coefficient (Wildman–Crippen LogP) is 3.11. The standard InChI is InChI=1S/C23H23N5O2.ClH/c1-27-13-18-11-16(12-25-23(18)26-21(29)15-27)8-9-22(30)28(2)14-17-5-3-7-20-19(17)6-4-10-24-20;/h3-12H,13-15H2,1-2H3,(H,25,26,29);1H/b9-8+;. The molecule has 0 spiro atoms. The number of amides is 2. The number of benzene rings is 1. The van der Waals surface area contributed by atoms with Crippen LogP contribution in [-0.4, -0.2) is 52.2 Å². The quantitative estimate of drug-likeness (QED) is 0.634. The third-order valence-electron chi connectivity index (χ3n) is 5.04. The summed E-state index contributed by atoms with van der Waals surface area (Å²) >= 11 is 0. The van der Waals surface area contributed by atoms with E-state index in [1.807, 2.05) is 48.3 Å². The Bertz CT molecular complexity index is 1140. The number of hydrogen-bond donors (Lipinski definition) is 1. The van der Waals surface area contributed by atoms with E-state index in [4.69, 9.17) is 0 Å². The molecule has 31 heavy (non-hydrogen) atoms. The molecule has 0 unspecified atom stereocenters. The molecule has 0 fully saturated rings. The molecular formula is C23H24ClN5O2. The maximum Gasteiger partial charge on any atom is 0.246 e. The summed E-state index contributed by atoms with van der Waals surface area (Å²) in [4.78, 5) is 36.7. The molecule has 3 heterocycles. The lowest BCUT2D eigenvalue weighted by atomic mass is 10.1. The number of rotatable bonds is 4. The first kappa shape index (κ1) is 22.4. The van der Waals surface area contributed by atoms with Crippen molar-refractivity contribution >= 4 is 47.0 Å². The highest BCUT2D eigenvalue weighted by Gasteiger charge is 2.17. The Morgan fingerprint density at radius 1 is 1.23 bits per heavy atom. The number of fused-ring (bicyclic) bond motifs is 2. The average Bonchev–Trinajstić information content (AvgIpc) is 2.88. The molecular weight excluding hydrogens is 414 g/mol. The minimum atomic E-state index is -0.101. The van der Waals surface area contributed by atoms with Crippen LogP contribution in [-0.2, 0) is 22.7 Å². The van der Waals surface area contributed by atoms with Gasteiger partial charge in [-0.1, -0.05) is 18.2 Å². The lowest BCUT2D eigenvalue weighted by Crippen LogP contribution is -2.26. The molecule has 7 nitrogen and oxygen atoms in total. The van der Waals surface area contributed by atoms with Crippen molar-refractivity contribution in [2.45, 2.75) is 13.1 Å². The Morgan fingerprint density at radius 2 is 2.06 bits per heavy atom. The van der Waals surface area contributed by atoms with E-state index in [0.29, 0.717) is 25.5 Å². The van der Waals surface area contributed by atoms with Crippen molar-refractivity contribution in [1.82, 2.24) is 19.8 Å². The molecule has 160 valence electrons. The molecule has 1 aromatic carbocycles. The van der Waals surface area contributed by atoms with Crippen molar-refractivity contribution < 1.29 is 9.59 Å². The van der Waals surface area contributed by atoms with Crippen molar-refractivity contribution in [3.63, 3.8) is 0 Å². The van der Waals surface area contributed by atoms with E-state index in [9.17, 15) is 9.59 Å². The molecule has 0 aliphatic carbocycles. The van der Waals surface area contributed by atoms with E-state index >= 15 is 0 Å². The predicted molar refractivity (Wildman–Crippen MR) is 124 cm³/mol. The largest absolute Gasteiger partial charge is 0.338 e. The minimum absolute atomic E-state index is 0. The number of aromatic nitrogens is 2. The van der Waals surface area contributed by atoms with Crippen LogP contribution in [0.4, 0.5) is 5.82 Å². The molecule has 4 rings (SSSR count). The second-order valence-corrected chi connectivity index (χ2v) is 7.51. The maximum atomic E-state index is 12.6. The number of likely N-dealkylation sites (N-methyl/N-ethyl adjacent to an activating group) is 2. The molecule has 1 N–H and O–H groups in total. The lowest BCUT2D eigenvalue weighted by Gasteiger charge is -2.16. The van der Waals surface area contributed by atoms with Gasteiger partial charge in [-0.15, -0.1) is 12.4 Å². The zero-order chi connectivity index (χ0) is 21.1. The molecule has 1 aliphatic rings. The van der Waals surface area contributed by atoms with Crippen LogP contribution >= 0.6 is 12.4 Å².